The summed E-state index contributed by atoms with van der Waals surface area (Å²) < 4.78 is 19.4. The van der Waals surface area contributed by atoms with Crippen LogP contribution in [0.15, 0.2) is 72.8 Å². The molecule has 5 nitrogen and oxygen atoms in total. The fraction of sp³-hybridized carbons (Fsp3) is 0.0476. The highest BCUT2D eigenvalue weighted by molar-refractivity contribution is 6.04. The lowest BCUT2D eigenvalue weighted by Crippen LogP contribution is -2.13. The number of benzene rings is 3. The largest absolute Gasteiger partial charge is 0.457 e. The molecule has 27 heavy (non-hydrogen) atoms. The van der Waals surface area contributed by atoms with Crippen LogP contribution in [0.2, 0.25) is 0 Å². The zero-order chi connectivity index (χ0) is 19.2. The molecular formula is C21H17FN2O3. The van der Waals surface area contributed by atoms with Crippen molar-refractivity contribution in [1.29, 1.82) is 0 Å². The van der Waals surface area contributed by atoms with Crippen LogP contribution in [0.4, 0.5) is 15.8 Å². The molecule has 0 radical (unpaired) electrons. The standard InChI is InChI=1S/C21H17FN2O3/c1-14(25)23-20-13-16(9-12-19(20)22)24-21(26)15-7-10-18(11-8-15)27-17-5-3-2-4-6-17/h2-13H,1H3,(H,23,25)(H,24,26). The van der Waals surface area contributed by atoms with Gasteiger partial charge in [0.2, 0.25) is 5.91 Å². The van der Waals surface area contributed by atoms with Crippen molar-refractivity contribution in [1.82, 2.24) is 0 Å². The highest BCUT2D eigenvalue weighted by Gasteiger charge is 2.10. The lowest BCUT2D eigenvalue weighted by molar-refractivity contribution is -0.114. The second-order valence-corrected chi connectivity index (χ2v) is 5.77. The van der Waals surface area contributed by atoms with Gasteiger partial charge in [-0.1, -0.05) is 18.2 Å². The monoisotopic (exact) mass is 364 g/mol. The number of ether oxygens (including phenoxy) is 1. The summed E-state index contributed by atoms with van der Waals surface area (Å²) in [6.45, 7) is 1.28. The fourth-order valence-electron chi connectivity index (χ4n) is 2.39. The third-order valence-electron chi connectivity index (χ3n) is 3.63. The van der Waals surface area contributed by atoms with E-state index in [9.17, 15) is 14.0 Å². The molecule has 0 aliphatic heterocycles. The highest BCUT2D eigenvalue weighted by Crippen LogP contribution is 2.23. The first-order valence-corrected chi connectivity index (χ1v) is 8.23. The second-order valence-electron chi connectivity index (χ2n) is 5.77. The quantitative estimate of drug-likeness (QED) is 0.681. The Morgan fingerprint density at radius 2 is 1.52 bits per heavy atom. The number of amides is 2. The van der Waals surface area contributed by atoms with E-state index in [1.807, 2.05) is 30.3 Å². The predicted octanol–water partition coefficient (Wildman–Crippen LogP) is 4.83. The van der Waals surface area contributed by atoms with Gasteiger partial charge in [-0.25, -0.2) is 4.39 Å². The molecule has 6 heteroatoms. The molecule has 0 aliphatic rings. The first kappa shape index (κ1) is 18.1. The first-order chi connectivity index (χ1) is 13.0. The number of carbonyl (C=O) groups is 2. The number of rotatable bonds is 5. The maximum atomic E-state index is 13.7. The Balaban J connectivity index is 1.68. The van der Waals surface area contributed by atoms with E-state index in [-0.39, 0.29) is 11.6 Å². The number of hydrogen-bond acceptors (Lipinski definition) is 3. The molecule has 3 aromatic rings. The maximum absolute atomic E-state index is 13.7. The molecule has 0 heterocycles. The van der Waals surface area contributed by atoms with Crippen molar-refractivity contribution in [2.24, 2.45) is 0 Å². The molecule has 0 unspecified atom stereocenters. The third-order valence-corrected chi connectivity index (χ3v) is 3.63. The van der Waals surface area contributed by atoms with Crippen LogP contribution >= 0.6 is 0 Å². The minimum atomic E-state index is -0.578. The average Bonchev–Trinajstić information content (AvgIpc) is 2.65. The van der Waals surface area contributed by atoms with Gasteiger partial charge in [-0.2, -0.15) is 0 Å². The van der Waals surface area contributed by atoms with E-state index in [1.54, 1.807) is 24.3 Å². The van der Waals surface area contributed by atoms with Crippen molar-refractivity contribution in [3.63, 3.8) is 0 Å². The molecule has 0 saturated carbocycles. The number of hydrogen-bond donors (Lipinski definition) is 2. The van der Waals surface area contributed by atoms with E-state index in [4.69, 9.17) is 4.74 Å². The first-order valence-electron chi connectivity index (χ1n) is 8.23. The third kappa shape index (κ3) is 4.92. The number of para-hydroxylation sites is 1. The van der Waals surface area contributed by atoms with Gasteiger partial charge < -0.3 is 15.4 Å². The normalized spacial score (nSPS) is 10.1. The summed E-state index contributed by atoms with van der Waals surface area (Å²) in [5.41, 5.74) is 0.794. The molecule has 0 saturated heterocycles. The molecule has 2 amide bonds. The molecular weight excluding hydrogens is 347 g/mol. The summed E-state index contributed by atoms with van der Waals surface area (Å²) in [5, 5.41) is 5.05. The Labute approximate surface area is 155 Å². The summed E-state index contributed by atoms with van der Waals surface area (Å²) in [7, 11) is 0. The number of carbonyl (C=O) groups excluding carboxylic acids is 2. The topological polar surface area (TPSA) is 67.4 Å². The van der Waals surface area contributed by atoms with Crippen molar-refractivity contribution >= 4 is 23.2 Å². The Hall–Kier alpha value is -3.67. The zero-order valence-electron chi connectivity index (χ0n) is 14.5. The number of nitrogens with one attached hydrogen (secondary N) is 2. The Kier molecular flexibility index (Phi) is 5.47. The SMILES string of the molecule is CC(=O)Nc1cc(NC(=O)c2ccc(Oc3ccccc3)cc2)ccc1F. The summed E-state index contributed by atoms with van der Waals surface area (Å²) in [4.78, 5) is 23.5. The van der Waals surface area contributed by atoms with Crippen LogP contribution in [0.25, 0.3) is 0 Å². The Morgan fingerprint density at radius 1 is 0.852 bits per heavy atom. The summed E-state index contributed by atoms with van der Waals surface area (Å²) in [6, 6.07) is 19.9. The van der Waals surface area contributed by atoms with E-state index < -0.39 is 11.7 Å². The summed E-state index contributed by atoms with van der Waals surface area (Å²) >= 11 is 0. The highest BCUT2D eigenvalue weighted by atomic mass is 19.1. The molecule has 136 valence electrons. The molecule has 0 spiro atoms. The van der Waals surface area contributed by atoms with Crippen LogP contribution in [0.3, 0.4) is 0 Å². The van der Waals surface area contributed by atoms with Gasteiger partial charge in [0.05, 0.1) is 5.69 Å². The molecule has 0 aliphatic carbocycles. The van der Waals surface area contributed by atoms with Gasteiger partial charge >= 0.3 is 0 Å². The average molecular weight is 364 g/mol. The number of halogens is 1. The Morgan fingerprint density at radius 3 is 2.19 bits per heavy atom. The molecule has 0 fully saturated rings. The minimum absolute atomic E-state index is 0.00640. The Bertz CT molecular complexity index is 957. The number of anilines is 2. The lowest BCUT2D eigenvalue weighted by atomic mass is 10.2. The van der Waals surface area contributed by atoms with Crippen LogP contribution in [0.5, 0.6) is 11.5 Å². The molecule has 3 rings (SSSR count). The van der Waals surface area contributed by atoms with E-state index in [0.29, 0.717) is 22.7 Å². The van der Waals surface area contributed by atoms with Gasteiger partial charge in [-0.3, -0.25) is 9.59 Å². The van der Waals surface area contributed by atoms with Gasteiger partial charge in [-0.15, -0.1) is 0 Å². The molecule has 0 atom stereocenters. The van der Waals surface area contributed by atoms with Crippen LogP contribution in [-0.2, 0) is 4.79 Å². The fourth-order valence-corrected chi connectivity index (χ4v) is 2.39. The molecule has 0 aromatic heterocycles. The van der Waals surface area contributed by atoms with Crippen molar-refractivity contribution < 1.29 is 18.7 Å². The molecule has 0 bridgehead atoms. The van der Waals surface area contributed by atoms with Gasteiger partial charge in [0, 0.05) is 18.2 Å². The summed E-state index contributed by atoms with van der Waals surface area (Å²) in [5.74, 6) is -0.0300. The van der Waals surface area contributed by atoms with E-state index in [0.717, 1.165) is 0 Å². The van der Waals surface area contributed by atoms with E-state index in [2.05, 4.69) is 10.6 Å². The van der Waals surface area contributed by atoms with Crippen molar-refractivity contribution in [2.75, 3.05) is 10.6 Å². The lowest BCUT2D eigenvalue weighted by Gasteiger charge is -2.10. The van der Waals surface area contributed by atoms with Gasteiger partial charge in [0.1, 0.15) is 17.3 Å². The van der Waals surface area contributed by atoms with Gasteiger partial charge in [-0.05, 0) is 54.6 Å². The van der Waals surface area contributed by atoms with Crippen molar-refractivity contribution in [3.05, 3.63) is 84.2 Å². The van der Waals surface area contributed by atoms with Crippen LogP contribution < -0.4 is 15.4 Å². The summed E-state index contributed by atoms with van der Waals surface area (Å²) in [6.07, 6.45) is 0. The van der Waals surface area contributed by atoms with Gasteiger partial charge in [0.25, 0.3) is 5.91 Å². The van der Waals surface area contributed by atoms with Crippen LogP contribution in [-0.4, -0.2) is 11.8 Å². The maximum Gasteiger partial charge on any atom is 0.255 e. The van der Waals surface area contributed by atoms with E-state index >= 15 is 0 Å². The van der Waals surface area contributed by atoms with E-state index in [1.165, 1.54) is 25.1 Å². The second kappa shape index (κ2) is 8.14. The minimum Gasteiger partial charge on any atom is -0.457 e. The van der Waals surface area contributed by atoms with Crippen LogP contribution in [0.1, 0.15) is 17.3 Å². The smallest absolute Gasteiger partial charge is 0.255 e. The van der Waals surface area contributed by atoms with Crippen LogP contribution in [0, 0.1) is 5.82 Å². The molecule has 3 aromatic carbocycles. The predicted molar refractivity (Wildman–Crippen MR) is 102 cm³/mol. The molecule has 2 N–H and O–H groups in total. The van der Waals surface area contributed by atoms with Crippen molar-refractivity contribution in [2.45, 2.75) is 6.92 Å². The zero-order valence-corrected chi connectivity index (χ0v) is 14.5. The van der Waals surface area contributed by atoms with Crippen molar-refractivity contribution in [3.8, 4) is 11.5 Å². The van der Waals surface area contributed by atoms with Gasteiger partial charge in [0.15, 0.2) is 0 Å².